The maximum atomic E-state index is 12.0. The molecule has 0 saturated carbocycles. The number of rotatable bonds is 2. The monoisotopic (exact) mass is 424 g/mol. The molecule has 0 aromatic heterocycles. The van der Waals surface area contributed by atoms with Crippen molar-refractivity contribution < 1.29 is 73.1 Å². The summed E-state index contributed by atoms with van der Waals surface area (Å²) in [5, 5.41) is 33.0. The van der Waals surface area contributed by atoms with Crippen molar-refractivity contribution in [3.05, 3.63) is 0 Å². The maximum absolute atomic E-state index is 12.0. The molecule has 26 heavy (non-hydrogen) atoms. The zero-order valence-corrected chi connectivity index (χ0v) is 12.5. The summed E-state index contributed by atoms with van der Waals surface area (Å²) in [6.45, 7) is 3.09. The fourth-order valence-electron chi connectivity index (χ4n) is 1.14. The van der Waals surface area contributed by atoms with Gasteiger partial charge in [-0.1, -0.05) is 0 Å². The second-order valence-corrected chi connectivity index (χ2v) is 4.89. The molecule has 0 aromatic carbocycles. The van der Waals surface area contributed by atoms with E-state index < -0.39 is 48.1 Å². The highest BCUT2D eigenvalue weighted by atomic mass is 19.4. The molecule has 160 valence electrons. The zero-order valence-electron chi connectivity index (χ0n) is 12.5. The molecule has 2 unspecified atom stereocenters. The fraction of sp³-hybridized carbons (Fsp3) is 1.00. The highest BCUT2D eigenvalue weighted by molar-refractivity contribution is 5.16. The van der Waals surface area contributed by atoms with Crippen molar-refractivity contribution in [3.63, 3.8) is 0 Å². The van der Waals surface area contributed by atoms with E-state index in [-0.39, 0.29) is 0 Å². The molecule has 0 saturated heterocycles. The predicted molar refractivity (Wildman–Crippen MR) is 57.5 cm³/mol. The van der Waals surface area contributed by atoms with E-state index in [4.69, 9.17) is 20.4 Å². The van der Waals surface area contributed by atoms with E-state index in [0.717, 1.165) is 0 Å². The van der Waals surface area contributed by atoms with Crippen LogP contribution in [0, 0.1) is 0 Å². The average molecular weight is 424 g/mol. The lowest BCUT2D eigenvalue weighted by Gasteiger charge is -2.45. The summed E-state index contributed by atoms with van der Waals surface area (Å²) in [5.41, 5.74) is -15.0. The van der Waals surface area contributed by atoms with E-state index in [2.05, 4.69) is 0 Å². The molecule has 0 rings (SSSR count). The first-order valence-corrected chi connectivity index (χ1v) is 5.97. The van der Waals surface area contributed by atoms with Crippen LogP contribution in [0.5, 0.6) is 0 Å². The number of halogens is 12. The minimum Gasteiger partial charge on any atom is -0.391 e. The Balaban J connectivity index is 0. The third kappa shape index (κ3) is 4.83. The third-order valence-electron chi connectivity index (χ3n) is 2.86. The summed E-state index contributed by atoms with van der Waals surface area (Å²) in [5.74, 6) is 0. The molecule has 0 aliphatic carbocycles. The number of hydrogen-bond acceptors (Lipinski definition) is 4. The van der Waals surface area contributed by atoms with Crippen LogP contribution in [0.15, 0.2) is 0 Å². The van der Waals surface area contributed by atoms with Gasteiger partial charge in [0.2, 0.25) is 0 Å². The summed E-state index contributed by atoms with van der Waals surface area (Å²) in [6, 6.07) is 0. The first kappa shape index (κ1) is 27.2. The van der Waals surface area contributed by atoms with Crippen LogP contribution in [0.3, 0.4) is 0 Å². The van der Waals surface area contributed by atoms with E-state index in [1.54, 1.807) is 13.8 Å². The molecule has 0 radical (unpaired) electrons. The smallest absolute Gasteiger partial charge is 0.391 e. The quantitative estimate of drug-likeness (QED) is 0.514. The van der Waals surface area contributed by atoms with Crippen molar-refractivity contribution in [3.8, 4) is 0 Å². The van der Waals surface area contributed by atoms with Crippen LogP contribution < -0.4 is 0 Å². The van der Waals surface area contributed by atoms with Gasteiger partial charge in [0.1, 0.15) is 0 Å². The third-order valence-corrected chi connectivity index (χ3v) is 2.86. The van der Waals surface area contributed by atoms with Crippen molar-refractivity contribution in [2.75, 3.05) is 0 Å². The molecule has 0 fully saturated rings. The Labute approximate surface area is 136 Å². The Morgan fingerprint density at radius 1 is 0.462 bits per heavy atom. The molecule has 0 heterocycles. The van der Waals surface area contributed by atoms with Crippen LogP contribution in [-0.4, -0.2) is 68.5 Å². The second-order valence-electron chi connectivity index (χ2n) is 4.89. The number of alkyl halides is 12. The Kier molecular flexibility index (Phi) is 7.91. The molecule has 0 aromatic rings. The number of hydrogen-bond donors (Lipinski definition) is 4. The molecule has 4 nitrogen and oxygen atoms in total. The Hall–Kier alpha value is -1.00. The highest BCUT2D eigenvalue weighted by Crippen LogP contribution is 2.59. The van der Waals surface area contributed by atoms with E-state index in [0.29, 0.717) is 0 Å². The van der Waals surface area contributed by atoms with Gasteiger partial charge in [-0.15, -0.1) is 0 Å². The normalized spacial score (nSPS) is 17.3. The van der Waals surface area contributed by atoms with E-state index in [1.807, 2.05) is 0 Å². The molecule has 0 aliphatic heterocycles. The SMILES string of the molecule is CC(O)C(C)O.OC(C(F)(F)F)(C(F)(F)F)C(O)(C(F)(F)F)C(F)(F)F. The van der Waals surface area contributed by atoms with Crippen LogP contribution in [-0.2, 0) is 0 Å². The van der Waals surface area contributed by atoms with Crippen molar-refractivity contribution in [1.82, 2.24) is 0 Å². The van der Waals surface area contributed by atoms with Gasteiger partial charge in [-0.05, 0) is 13.8 Å². The topological polar surface area (TPSA) is 80.9 Å². The van der Waals surface area contributed by atoms with Gasteiger partial charge in [0.05, 0.1) is 12.2 Å². The van der Waals surface area contributed by atoms with E-state index in [9.17, 15) is 52.7 Å². The van der Waals surface area contributed by atoms with Crippen molar-refractivity contribution in [2.24, 2.45) is 0 Å². The van der Waals surface area contributed by atoms with Crippen LogP contribution in [0.2, 0.25) is 0 Å². The summed E-state index contributed by atoms with van der Waals surface area (Å²) in [7, 11) is 0. The largest absolute Gasteiger partial charge is 0.430 e. The van der Waals surface area contributed by atoms with Gasteiger partial charge in [-0.3, -0.25) is 0 Å². The summed E-state index contributed by atoms with van der Waals surface area (Å²) in [4.78, 5) is 0. The van der Waals surface area contributed by atoms with Crippen LogP contribution in [0.4, 0.5) is 52.7 Å². The first-order valence-electron chi connectivity index (χ1n) is 5.97. The van der Waals surface area contributed by atoms with Gasteiger partial charge in [-0.25, -0.2) is 0 Å². The van der Waals surface area contributed by atoms with Crippen molar-refractivity contribution >= 4 is 0 Å². The molecule has 0 bridgehead atoms. The van der Waals surface area contributed by atoms with Gasteiger partial charge in [-0.2, -0.15) is 52.7 Å². The minimum absolute atomic E-state index is 0.593. The molecule has 0 spiro atoms. The Bertz CT molecular complexity index is 375. The Morgan fingerprint density at radius 3 is 0.615 bits per heavy atom. The summed E-state index contributed by atoms with van der Waals surface area (Å²) < 4.78 is 144. The van der Waals surface area contributed by atoms with Crippen LogP contribution in [0.1, 0.15) is 13.8 Å². The number of aliphatic hydroxyl groups excluding tert-OH is 2. The van der Waals surface area contributed by atoms with Crippen molar-refractivity contribution in [1.29, 1.82) is 0 Å². The molecular formula is C10H12F12O4. The summed E-state index contributed by atoms with van der Waals surface area (Å²) in [6.07, 6.45) is -31.3. The van der Waals surface area contributed by atoms with Gasteiger partial charge in [0, 0.05) is 0 Å². The molecular weight excluding hydrogens is 412 g/mol. The second kappa shape index (κ2) is 7.55. The predicted octanol–water partition coefficient (Wildman–Crippen LogP) is 2.45. The lowest BCUT2D eigenvalue weighted by molar-refractivity contribution is -0.496. The van der Waals surface area contributed by atoms with Gasteiger partial charge < -0.3 is 20.4 Å². The Morgan fingerprint density at radius 2 is 0.577 bits per heavy atom. The summed E-state index contributed by atoms with van der Waals surface area (Å²) >= 11 is 0. The van der Waals surface area contributed by atoms with Crippen molar-refractivity contribution in [2.45, 2.75) is 62.0 Å². The van der Waals surface area contributed by atoms with Gasteiger partial charge in [0.15, 0.2) is 0 Å². The van der Waals surface area contributed by atoms with E-state index in [1.165, 1.54) is 0 Å². The maximum Gasteiger partial charge on any atom is 0.430 e. The van der Waals surface area contributed by atoms with Gasteiger partial charge >= 0.3 is 35.9 Å². The van der Waals surface area contributed by atoms with Crippen LogP contribution in [0.25, 0.3) is 0 Å². The van der Waals surface area contributed by atoms with E-state index >= 15 is 0 Å². The lowest BCUT2D eigenvalue weighted by Crippen LogP contribution is -2.80. The minimum atomic E-state index is -7.52. The molecule has 4 N–H and O–H groups in total. The highest BCUT2D eigenvalue weighted by Gasteiger charge is 2.93. The molecule has 16 heteroatoms. The zero-order chi connectivity index (χ0) is 22.2. The molecule has 2 atom stereocenters. The standard InChI is InChI=1S/C6H2F12O2.C4H10O2/c7-3(8,9)1(19,4(10,11)12)2(20,5(13,14)15)6(16,17)18;1-3(5)4(2)6/h19-20H;3-6H,1-2H3. The number of aliphatic hydroxyl groups is 4. The molecule has 0 aliphatic rings. The first-order chi connectivity index (χ1) is 10.9. The average Bonchev–Trinajstić information content (AvgIpc) is 2.31. The lowest BCUT2D eigenvalue weighted by atomic mass is 9.79. The fourth-order valence-corrected chi connectivity index (χ4v) is 1.14. The molecule has 0 amide bonds. The van der Waals surface area contributed by atoms with Gasteiger partial charge in [0.25, 0.3) is 0 Å². The van der Waals surface area contributed by atoms with Crippen LogP contribution >= 0.6 is 0 Å².